The molecule has 0 fully saturated rings. The van der Waals surface area contributed by atoms with E-state index in [2.05, 4.69) is 6.58 Å². The van der Waals surface area contributed by atoms with Crippen molar-refractivity contribution in [3.05, 3.63) is 72.3 Å². The monoisotopic (exact) mass is 396 g/mol. The van der Waals surface area contributed by atoms with Crippen LogP contribution in [-0.4, -0.2) is 23.7 Å². The van der Waals surface area contributed by atoms with Gasteiger partial charge in [-0.2, -0.15) is 0 Å². The fourth-order valence-electron chi connectivity index (χ4n) is 2.87. The molecule has 0 bridgehead atoms. The lowest BCUT2D eigenvalue weighted by Gasteiger charge is -2.09. The Kier molecular flexibility index (Phi) is 9.49. The van der Waals surface area contributed by atoms with Crippen LogP contribution in [0, 0.1) is 0 Å². The van der Waals surface area contributed by atoms with Crippen molar-refractivity contribution in [3.8, 4) is 11.5 Å². The Balaban J connectivity index is 1.73. The van der Waals surface area contributed by atoms with Gasteiger partial charge in [-0.05, 0) is 55.7 Å². The molecule has 0 spiro atoms. The Labute approximate surface area is 172 Å². The number of hydrogen-bond donors (Lipinski definition) is 1. The van der Waals surface area contributed by atoms with Crippen molar-refractivity contribution in [3.63, 3.8) is 0 Å². The molecule has 154 valence electrons. The molecule has 2 aromatic rings. The highest BCUT2D eigenvalue weighted by Crippen LogP contribution is 2.20. The molecular weight excluding hydrogens is 368 g/mol. The van der Waals surface area contributed by atoms with Crippen LogP contribution in [0.3, 0.4) is 0 Å². The molecule has 5 heteroatoms. The van der Waals surface area contributed by atoms with Crippen molar-refractivity contribution >= 4 is 11.9 Å². The maximum Gasteiger partial charge on any atom is 0.343 e. The van der Waals surface area contributed by atoms with E-state index >= 15 is 0 Å². The summed E-state index contributed by atoms with van der Waals surface area (Å²) in [6.07, 6.45) is 10.1. The van der Waals surface area contributed by atoms with Crippen LogP contribution in [0.15, 0.2) is 61.2 Å². The first kappa shape index (κ1) is 22.2. The average molecular weight is 396 g/mol. The molecule has 0 aliphatic heterocycles. The van der Waals surface area contributed by atoms with E-state index in [1.54, 1.807) is 36.4 Å². The van der Waals surface area contributed by atoms with E-state index in [1.165, 1.54) is 37.8 Å². The molecule has 0 aromatic heterocycles. The third-order valence-electron chi connectivity index (χ3n) is 4.48. The van der Waals surface area contributed by atoms with Crippen LogP contribution in [0.1, 0.15) is 65.7 Å². The summed E-state index contributed by atoms with van der Waals surface area (Å²) in [5, 5.41) is 9.16. The molecule has 0 aliphatic carbocycles. The average Bonchev–Trinajstić information content (AvgIpc) is 2.73. The lowest BCUT2D eigenvalue weighted by Crippen LogP contribution is -2.11. The maximum atomic E-state index is 12.3. The predicted molar refractivity (Wildman–Crippen MR) is 113 cm³/mol. The van der Waals surface area contributed by atoms with E-state index in [9.17, 15) is 9.59 Å². The number of carboxylic acid groups (broad SMARTS) is 1. The smallest absolute Gasteiger partial charge is 0.343 e. The number of hydrogen-bond acceptors (Lipinski definition) is 4. The van der Waals surface area contributed by atoms with Crippen LogP contribution in [0.4, 0.5) is 0 Å². The first-order valence-electron chi connectivity index (χ1n) is 10.00. The standard InChI is InChI=1S/C24H28O5/c1-2-3-4-5-6-7-8-11-18-28-20-16-14-19(15-17-20)24(27)29-22-13-10-9-12-21(22)23(25)26/h2,9-10,12-17H,1,3-8,11,18H2,(H,25,26). The Morgan fingerprint density at radius 1 is 0.897 bits per heavy atom. The second-order valence-corrected chi connectivity index (χ2v) is 6.76. The van der Waals surface area contributed by atoms with Crippen LogP contribution in [0.25, 0.3) is 0 Å². The molecule has 0 saturated carbocycles. The Hall–Kier alpha value is -3.08. The molecule has 2 rings (SSSR count). The third kappa shape index (κ3) is 7.82. The highest BCUT2D eigenvalue weighted by Gasteiger charge is 2.15. The first-order chi connectivity index (χ1) is 14.1. The van der Waals surface area contributed by atoms with Crippen LogP contribution in [0.5, 0.6) is 11.5 Å². The maximum absolute atomic E-state index is 12.3. The van der Waals surface area contributed by atoms with E-state index < -0.39 is 11.9 Å². The number of ether oxygens (including phenoxy) is 2. The summed E-state index contributed by atoms with van der Waals surface area (Å²) in [5.74, 6) is -1.04. The van der Waals surface area contributed by atoms with Gasteiger partial charge in [0.2, 0.25) is 0 Å². The highest BCUT2D eigenvalue weighted by atomic mass is 16.5. The summed E-state index contributed by atoms with van der Waals surface area (Å²) >= 11 is 0. The van der Waals surface area contributed by atoms with Gasteiger partial charge in [-0.3, -0.25) is 0 Å². The number of carboxylic acids is 1. The molecule has 0 unspecified atom stereocenters. The zero-order valence-corrected chi connectivity index (χ0v) is 16.6. The zero-order valence-electron chi connectivity index (χ0n) is 16.6. The van der Waals surface area contributed by atoms with Crippen LogP contribution >= 0.6 is 0 Å². The summed E-state index contributed by atoms with van der Waals surface area (Å²) in [6.45, 7) is 4.37. The van der Waals surface area contributed by atoms with Gasteiger partial charge in [0.15, 0.2) is 0 Å². The number of carbonyl (C=O) groups excluding carboxylic acids is 1. The van der Waals surface area contributed by atoms with Crippen LogP contribution in [-0.2, 0) is 0 Å². The quantitative estimate of drug-likeness (QED) is 0.197. The minimum atomic E-state index is -1.14. The molecule has 0 amide bonds. The van der Waals surface area contributed by atoms with E-state index in [-0.39, 0.29) is 11.3 Å². The SMILES string of the molecule is C=CCCCCCCCCOc1ccc(C(=O)Oc2ccccc2C(=O)O)cc1. The minimum Gasteiger partial charge on any atom is -0.494 e. The van der Waals surface area contributed by atoms with Crippen molar-refractivity contribution in [2.45, 2.75) is 44.9 Å². The highest BCUT2D eigenvalue weighted by molar-refractivity contribution is 5.95. The lowest BCUT2D eigenvalue weighted by atomic mass is 10.1. The van der Waals surface area contributed by atoms with Crippen molar-refractivity contribution in [2.24, 2.45) is 0 Å². The van der Waals surface area contributed by atoms with E-state index in [1.807, 2.05) is 6.08 Å². The van der Waals surface area contributed by atoms with Crippen molar-refractivity contribution in [1.82, 2.24) is 0 Å². The molecule has 5 nitrogen and oxygen atoms in total. The van der Waals surface area contributed by atoms with E-state index in [4.69, 9.17) is 14.6 Å². The number of esters is 1. The second kappa shape index (κ2) is 12.4. The van der Waals surface area contributed by atoms with Crippen LogP contribution in [0.2, 0.25) is 0 Å². The number of benzene rings is 2. The van der Waals surface area contributed by atoms with Gasteiger partial charge in [0, 0.05) is 0 Å². The van der Waals surface area contributed by atoms with Gasteiger partial charge in [0.05, 0.1) is 12.2 Å². The number of rotatable bonds is 13. The van der Waals surface area contributed by atoms with Crippen molar-refractivity contribution in [2.75, 3.05) is 6.61 Å². The molecule has 1 N–H and O–H groups in total. The molecule has 0 heterocycles. The van der Waals surface area contributed by atoms with Gasteiger partial charge in [-0.15, -0.1) is 6.58 Å². The minimum absolute atomic E-state index is 0.0230. The number of aromatic carboxylic acids is 1. The number of unbranched alkanes of at least 4 members (excludes halogenated alkanes) is 6. The third-order valence-corrected chi connectivity index (χ3v) is 4.48. The molecule has 29 heavy (non-hydrogen) atoms. The van der Waals surface area contributed by atoms with Gasteiger partial charge < -0.3 is 14.6 Å². The van der Waals surface area contributed by atoms with E-state index in [0.717, 1.165) is 19.3 Å². The first-order valence-corrected chi connectivity index (χ1v) is 10.00. The summed E-state index contributed by atoms with van der Waals surface area (Å²) in [6, 6.07) is 12.7. The number of carbonyl (C=O) groups is 2. The van der Waals surface area contributed by atoms with Gasteiger partial charge >= 0.3 is 11.9 Å². The zero-order chi connectivity index (χ0) is 20.9. The molecule has 0 saturated heterocycles. The van der Waals surface area contributed by atoms with Crippen molar-refractivity contribution < 1.29 is 24.2 Å². The summed E-state index contributed by atoms with van der Waals surface area (Å²) < 4.78 is 10.9. The molecular formula is C24H28O5. The molecule has 2 aromatic carbocycles. The lowest BCUT2D eigenvalue weighted by molar-refractivity contribution is 0.0681. The normalized spacial score (nSPS) is 10.3. The Morgan fingerprint density at radius 2 is 1.55 bits per heavy atom. The van der Waals surface area contributed by atoms with E-state index in [0.29, 0.717) is 17.9 Å². The summed E-state index contributed by atoms with van der Waals surface area (Å²) in [7, 11) is 0. The van der Waals surface area contributed by atoms with Gasteiger partial charge in [0.25, 0.3) is 0 Å². The topological polar surface area (TPSA) is 72.8 Å². The van der Waals surface area contributed by atoms with Gasteiger partial charge in [-0.25, -0.2) is 9.59 Å². The number of para-hydroxylation sites is 1. The predicted octanol–water partition coefficient (Wildman–Crippen LogP) is 5.90. The Bertz CT molecular complexity index is 795. The van der Waals surface area contributed by atoms with Crippen LogP contribution < -0.4 is 9.47 Å². The molecule has 0 aliphatic rings. The largest absolute Gasteiger partial charge is 0.494 e. The Morgan fingerprint density at radius 3 is 2.24 bits per heavy atom. The summed E-state index contributed by atoms with van der Waals surface area (Å²) in [5.41, 5.74) is 0.276. The fourth-order valence-corrected chi connectivity index (χ4v) is 2.87. The van der Waals surface area contributed by atoms with Crippen molar-refractivity contribution in [1.29, 1.82) is 0 Å². The van der Waals surface area contributed by atoms with Gasteiger partial charge in [-0.1, -0.05) is 43.9 Å². The fraction of sp³-hybridized carbons (Fsp3) is 0.333. The molecule has 0 atom stereocenters. The van der Waals surface area contributed by atoms with Gasteiger partial charge in [0.1, 0.15) is 17.1 Å². The molecule has 0 radical (unpaired) electrons. The summed E-state index contributed by atoms with van der Waals surface area (Å²) in [4.78, 5) is 23.5. The number of allylic oxidation sites excluding steroid dienone is 1. The second-order valence-electron chi connectivity index (χ2n) is 6.76.